The van der Waals surface area contributed by atoms with Gasteiger partial charge in [-0.15, -0.1) is 0 Å². The largest absolute Gasteiger partial charge is 0.446 e. The summed E-state index contributed by atoms with van der Waals surface area (Å²) >= 11 is 0. The van der Waals surface area contributed by atoms with Crippen molar-refractivity contribution in [1.82, 2.24) is 20.0 Å². The Labute approximate surface area is 225 Å². The van der Waals surface area contributed by atoms with Crippen LogP contribution in [0.4, 0.5) is 10.5 Å². The Bertz CT molecular complexity index is 1070. The summed E-state index contributed by atoms with van der Waals surface area (Å²) in [4.78, 5) is 43.2. The van der Waals surface area contributed by atoms with E-state index in [0.29, 0.717) is 13.1 Å². The second kappa shape index (κ2) is 13.9. The molecular weight excluding hydrogens is 482 g/mol. The highest BCUT2D eigenvalue weighted by Gasteiger charge is 2.29. The molecule has 204 valence electrons. The Morgan fingerprint density at radius 2 is 1.50 bits per heavy atom. The molecule has 0 bridgehead atoms. The molecule has 2 aromatic rings. The van der Waals surface area contributed by atoms with Crippen LogP contribution >= 0.6 is 0 Å². The van der Waals surface area contributed by atoms with Crippen LogP contribution in [-0.2, 0) is 14.3 Å². The maximum Gasteiger partial charge on any atom is 0.411 e. The van der Waals surface area contributed by atoms with Gasteiger partial charge in [-0.2, -0.15) is 0 Å². The van der Waals surface area contributed by atoms with Crippen molar-refractivity contribution < 1.29 is 19.1 Å². The first-order valence-corrected chi connectivity index (χ1v) is 13.6. The van der Waals surface area contributed by atoms with Crippen LogP contribution in [0.25, 0.3) is 11.1 Å². The molecular formula is C29H39N5O4. The van der Waals surface area contributed by atoms with Crippen molar-refractivity contribution in [3.63, 3.8) is 0 Å². The number of benzene rings is 2. The van der Waals surface area contributed by atoms with Gasteiger partial charge >= 0.3 is 6.09 Å². The van der Waals surface area contributed by atoms with Crippen LogP contribution in [0, 0.1) is 0 Å². The van der Waals surface area contributed by atoms with Gasteiger partial charge in [0, 0.05) is 31.7 Å². The number of nitrogens with one attached hydrogen (secondary N) is 2. The summed E-state index contributed by atoms with van der Waals surface area (Å²) in [7, 11) is 1.88. The quantitative estimate of drug-likeness (QED) is 0.442. The van der Waals surface area contributed by atoms with E-state index in [4.69, 9.17) is 4.74 Å². The Hall–Kier alpha value is -3.43. The van der Waals surface area contributed by atoms with E-state index in [-0.39, 0.29) is 31.0 Å². The molecule has 0 atom stereocenters. The fourth-order valence-corrected chi connectivity index (χ4v) is 5.05. The number of likely N-dealkylation sites (tertiary alicyclic amines) is 1. The molecule has 4 rings (SSSR count). The van der Waals surface area contributed by atoms with Gasteiger partial charge in [-0.25, -0.2) is 4.79 Å². The van der Waals surface area contributed by atoms with Crippen LogP contribution in [0.15, 0.2) is 54.6 Å². The molecule has 3 amide bonds. The number of ether oxygens (including phenoxy) is 1. The van der Waals surface area contributed by atoms with E-state index in [0.717, 1.165) is 68.7 Å². The number of hydrogen-bond acceptors (Lipinski definition) is 6. The van der Waals surface area contributed by atoms with Gasteiger partial charge in [0.25, 0.3) is 0 Å². The Kier molecular flexibility index (Phi) is 10.1. The lowest BCUT2D eigenvalue weighted by Gasteiger charge is -2.35. The molecule has 38 heavy (non-hydrogen) atoms. The Morgan fingerprint density at radius 1 is 0.868 bits per heavy atom. The zero-order valence-electron chi connectivity index (χ0n) is 22.2. The second-order valence-corrected chi connectivity index (χ2v) is 9.92. The molecule has 9 heteroatoms. The number of rotatable bonds is 11. The number of carbonyl (C=O) groups excluding carboxylic acids is 3. The van der Waals surface area contributed by atoms with Crippen LogP contribution < -0.4 is 10.6 Å². The minimum atomic E-state index is -0.430. The normalized spacial score (nSPS) is 17.1. The highest BCUT2D eigenvalue weighted by atomic mass is 16.6. The average molecular weight is 522 g/mol. The molecule has 2 aliphatic heterocycles. The van der Waals surface area contributed by atoms with Gasteiger partial charge in [-0.1, -0.05) is 48.5 Å². The monoisotopic (exact) mass is 521 g/mol. The molecule has 2 saturated heterocycles. The fraction of sp³-hybridized carbons (Fsp3) is 0.483. The molecule has 2 aliphatic rings. The van der Waals surface area contributed by atoms with E-state index < -0.39 is 6.09 Å². The van der Waals surface area contributed by atoms with Gasteiger partial charge in [0.2, 0.25) is 11.8 Å². The van der Waals surface area contributed by atoms with E-state index in [2.05, 4.69) is 15.5 Å². The van der Waals surface area contributed by atoms with E-state index >= 15 is 0 Å². The standard InChI is InChI=1S/C29H39N5O4/c1-30-15-7-17-33-21-28(36)34(22-27(33)35)18-8-16-32-19-13-24(14-20-32)38-29(37)31-26-12-6-5-11-25(26)23-9-3-2-4-10-23/h2-6,9-12,24,30H,7-8,13-22H2,1H3,(H,31,37). The first-order chi connectivity index (χ1) is 18.5. The highest BCUT2D eigenvalue weighted by Crippen LogP contribution is 2.28. The molecule has 2 N–H and O–H groups in total. The van der Waals surface area contributed by atoms with E-state index in [9.17, 15) is 14.4 Å². The third kappa shape index (κ3) is 7.79. The summed E-state index contributed by atoms with van der Waals surface area (Å²) in [5, 5.41) is 5.98. The lowest BCUT2D eigenvalue weighted by Crippen LogP contribution is -2.54. The highest BCUT2D eigenvalue weighted by molar-refractivity contribution is 5.92. The molecule has 0 aromatic heterocycles. The SMILES string of the molecule is CNCCCN1CC(=O)N(CCCN2CCC(OC(=O)Nc3ccccc3-c3ccccc3)CC2)CC1=O. The number of amides is 3. The minimum absolute atomic E-state index is 0.0287. The van der Waals surface area contributed by atoms with Crippen molar-refractivity contribution >= 4 is 23.6 Å². The van der Waals surface area contributed by atoms with Gasteiger partial charge < -0.3 is 24.8 Å². The van der Waals surface area contributed by atoms with Gasteiger partial charge in [0.15, 0.2) is 0 Å². The molecule has 0 aliphatic carbocycles. The third-order valence-corrected chi connectivity index (χ3v) is 7.17. The van der Waals surface area contributed by atoms with Crippen LogP contribution in [0.2, 0.25) is 0 Å². The molecule has 2 aromatic carbocycles. The molecule has 0 spiro atoms. The van der Waals surface area contributed by atoms with Gasteiger partial charge in [0.1, 0.15) is 6.10 Å². The number of carbonyl (C=O) groups is 3. The maximum atomic E-state index is 12.6. The number of piperazine rings is 1. The molecule has 0 unspecified atom stereocenters. The van der Waals surface area contributed by atoms with Crippen LogP contribution in [0.1, 0.15) is 25.7 Å². The van der Waals surface area contributed by atoms with Crippen LogP contribution in [0.3, 0.4) is 0 Å². The maximum absolute atomic E-state index is 12.6. The first-order valence-electron chi connectivity index (χ1n) is 13.6. The van der Waals surface area contributed by atoms with Gasteiger partial charge in [-0.3, -0.25) is 14.9 Å². The summed E-state index contributed by atoms with van der Waals surface area (Å²) in [5.74, 6) is 0.0596. The fourth-order valence-electron chi connectivity index (χ4n) is 5.05. The summed E-state index contributed by atoms with van der Waals surface area (Å²) in [5.41, 5.74) is 2.72. The first kappa shape index (κ1) is 27.6. The van der Waals surface area contributed by atoms with Gasteiger partial charge in [-0.05, 0) is 57.5 Å². The predicted octanol–water partition coefficient (Wildman–Crippen LogP) is 3.04. The number of para-hydroxylation sites is 1. The van der Waals surface area contributed by atoms with Crippen molar-refractivity contribution in [3.8, 4) is 11.1 Å². The Balaban J connectivity index is 1.15. The lowest BCUT2D eigenvalue weighted by atomic mass is 10.0. The molecule has 0 saturated carbocycles. The smallest absolute Gasteiger partial charge is 0.411 e. The zero-order valence-corrected chi connectivity index (χ0v) is 22.2. The molecule has 2 fully saturated rings. The van der Waals surface area contributed by atoms with E-state index in [1.807, 2.05) is 61.6 Å². The topological polar surface area (TPSA) is 94.2 Å². The zero-order chi connectivity index (χ0) is 26.7. The number of anilines is 1. The number of nitrogens with zero attached hydrogens (tertiary/aromatic N) is 3. The van der Waals surface area contributed by atoms with E-state index in [1.165, 1.54) is 0 Å². The predicted molar refractivity (Wildman–Crippen MR) is 148 cm³/mol. The Morgan fingerprint density at radius 3 is 2.18 bits per heavy atom. The van der Waals surface area contributed by atoms with Crippen molar-refractivity contribution in [2.24, 2.45) is 0 Å². The second-order valence-electron chi connectivity index (χ2n) is 9.92. The van der Waals surface area contributed by atoms with Crippen molar-refractivity contribution in [1.29, 1.82) is 0 Å². The van der Waals surface area contributed by atoms with Crippen molar-refractivity contribution in [2.45, 2.75) is 31.8 Å². The molecule has 2 heterocycles. The van der Waals surface area contributed by atoms with Crippen LogP contribution in [-0.4, -0.2) is 98.1 Å². The summed E-state index contributed by atoms with van der Waals surface area (Å²) in [6.07, 6.45) is 2.66. The van der Waals surface area contributed by atoms with Crippen molar-refractivity contribution in [3.05, 3.63) is 54.6 Å². The summed E-state index contributed by atoms with van der Waals surface area (Å²) in [6, 6.07) is 17.7. The minimum Gasteiger partial charge on any atom is -0.446 e. The summed E-state index contributed by atoms with van der Waals surface area (Å²) < 4.78 is 5.73. The van der Waals surface area contributed by atoms with E-state index in [1.54, 1.807) is 9.80 Å². The van der Waals surface area contributed by atoms with Crippen LogP contribution in [0.5, 0.6) is 0 Å². The summed E-state index contributed by atoms with van der Waals surface area (Å²) in [6.45, 7) is 4.93. The number of hydrogen-bond donors (Lipinski definition) is 2. The molecule has 9 nitrogen and oxygen atoms in total. The molecule has 0 radical (unpaired) electrons. The average Bonchev–Trinajstić information content (AvgIpc) is 2.93. The third-order valence-electron chi connectivity index (χ3n) is 7.17. The lowest BCUT2D eigenvalue weighted by molar-refractivity contribution is -0.150. The van der Waals surface area contributed by atoms with Gasteiger partial charge in [0.05, 0.1) is 18.8 Å². The van der Waals surface area contributed by atoms with Crippen molar-refractivity contribution in [2.75, 3.05) is 64.7 Å². The number of piperidine rings is 1.